The van der Waals surface area contributed by atoms with Crippen LogP contribution in [0.25, 0.3) is 0 Å². The third kappa shape index (κ3) is 3.52. The molecule has 1 unspecified atom stereocenters. The third-order valence-corrected chi connectivity index (χ3v) is 4.36. The highest BCUT2D eigenvalue weighted by Gasteiger charge is 2.16. The first kappa shape index (κ1) is 14.0. The van der Waals surface area contributed by atoms with E-state index in [1.54, 1.807) is 11.3 Å². The minimum Gasteiger partial charge on any atom is -0.304 e. The third-order valence-electron chi connectivity index (χ3n) is 2.66. The zero-order valence-electron chi connectivity index (χ0n) is 10.6. The van der Waals surface area contributed by atoms with E-state index in [-0.39, 0.29) is 6.04 Å². The van der Waals surface area contributed by atoms with Gasteiger partial charge in [-0.3, -0.25) is 0 Å². The summed E-state index contributed by atoms with van der Waals surface area (Å²) in [6.45, 7) is 5.24. The topological polar surface area (TPSA) is 24.9 Å². The van der Waals surface area contributed by atoms with Crippen molar-refractivity contribution in [2.75, 3.05) is 6.54 Å². The summed E-state index contributed by atoms with van der Waals surface area (Å²) in [7, 11) is 0. The second-order valence-electron chi connectivity index (χ2n) is 4.27. The van der Waals surface area contributed by atoms with Crippen LogP contribution in [0.3, 0.4) is 0 Å². The molecule has 4 heteroatoms. The van der Waals surface area contributed by atoms with Crippen molar-refractivity contribution in [3.05, 3.63) is 49.5 Å². The van der Waals surface area contributed by atoms with Crippen molar-refractivity contribution in [2.24, 2.45) is 0 Å². The van der Waals surface area contributed by atoms with Gasteiger partial charge in [-0.05, 0) is 60.2 Å². The smallest absolute Gasteiger partial charge is 0.114 e. The molecule has 18 heavy (non-hydrogen) atoms. The van der Waals surface area contributed by atoms with Gasteiger partial charge in [-0.25, -0.2) is 4.98 Å². The maximum absolute atomic E-state index is 4.62. The SMILES string of the molecule is CCCNC(c1cccc(I)c1)c1nc(C)cs1. The molecule has 0 amide bonds. The Kier molecular flexibility index (Phi) is 5.14. The second-order valence-corrected chi connectivity index (χ2v) is 6.40. The van der Waals surface area contributed by atoms with Crippen LogP contribution in [0.15, 0.2) is 29.6 Å². The van der Waals surface area contributed by atoms with Gasteiger partial charge in [-0.2, -0.15) is 0 Å². The van der Waals surface area contributed by atoms with Crippen LogP contribution in [-0.4, -0.2) is 11.5 Å². The number of hydrogen-bond acceptors (Lipinski definition) is 3. The van der Waals surface area contributed by atoms with E-state index in [2.05, 4.69) is 69.5 Å². The molecule has 2 rings (SSSR count). The number of thiazole rings is 1. The molecule has 1 aromatic heterocycles. The number of rotatable bonds is 5. The minimum absolute atomic E-state index is 0.221. The number of aryl methyl sites for hydroxylation is 1. The molecule has 0 aliphatic carbocycles. The Morgan fingerprint density at radius 1 is 1.44 bits per heavy atom. The van der Waals surface area contributed by atoms with Crippen molar-refractivity contribution >= 4 is 33.9 Å². The monoisotopic (exact) mass is 372 g/mol. The summed E-state index contributed by atoms with van der Waals surface area (Å²) >= 11 is 4.09. The fourth-order valence-corrected chi connectivity index (χ4v) is 3.29. The fourth-order valence-electron chi connectivity index (χ4n) is 1.83. The van der Waals surface area contributed by atoms with Crippen LogP contribution in [0.2, 0.25) is 0 Å². The molecular formula is C14H17IN2S. The van der Waals surface area contributed by atoms with E-state index in [0.717, 1.165) is 23.7 Å². The molecule has 1 atom stereocenters. The van der Waals surface area contributed by atoms with Gasteiger partial charge in [0.25, 0.3) is 0 Å². The van der Waals surface area contributed by atoms with Gasteiger partial charge in [0.2, 0.25) is 0 Å². The maximum Gasteiger partial charge on any atom is 0.114 e. The van der Waals surface area contributed by atoms with E-state index in [9.17, 15) is 0 Å². The average molecular weight is 372 g/mol. The number of halogens is 1. The lowest BCUT2D eigenvalue weighted by atomic mass is 10.1. The normalized spacial score (nSPS) is 12.6. The quantitative estimate of drug-likeness (QED) is 0.798. The highest BCUT2D eigenvalue weighted by molar-refractivity contribution is 14.1. The van der Waals surface area contributed by atoms with Crippen molar-refractivity contribution in [3.8, 4) is 0 Å². The van der Waals surface area contributed by atoms with Gasteiger partial charge in [0, 0.05) is 14.6 Å². The molecular weight excluding hydrogens is 355 g/mol. The van der Waals surface area contributed by atoms with E-state index in [4.69, 9.17) is 0 Å². The summed E-state index contributed by atoms with van der Waals surface area (Å²) in [5.74, 6) is 0. The van der Waals surface area contributed by atoms with E-state index in [1.165, 1.54) is 9.13 Å². The molecule has 2 aromatic rings. The van der Waals surface area contributed by atoms with Gasteiger partial charge < -0.3 is 5.32 Å². The first-order valence-corrected chi connectivity index (χ1v) is 8.07. The molecule has 0 saturated carbocycles. The van der Waals surface area contributed by atoms with Crippen LogP contribution < -0.4 is 5.32 Å². The molecule has 0 bridgehead atoms. The number of nitrogens with one attached hydrogen (secondary N) is 1. The van der Waals surface area contributed by atoms with E-state index >= 15 is 0 Å². The standard InChI is InChI=1S/C14H17IN2S/c1-3-7-16-13(14-17-10(2)9-18-14)11-5-4-6-12(15)8-11/h4-6,8-9,13,16H,3,7H2,1-2H3. The first-order valence-electron chi connectivity index (χ1n) is 6.11. The lowest BCUT2D eigenvalue weighted by molar-refractivity contribution is 0.595. The van der Waals surface area contributed by atoms with Crippen LogP contribution in [0.4, 0.5) is 0 Å². The lowest BCUT2D eigenvalue weighted by Gasteiger charge is -2.16. The van der Waals surface area contributed by atoms with Crippen molar-refractivity contribution in [3.63, 3.8) is 0 Å². The summed E-state index contributed by atoms with van der Waals surface area (Å²) in [6, 6.07) is 8.85. The molecule has 1 aromatic carbocycles. The van der Waals surface area contributed by atoms with Crippen molar-refractivity contribution in [1.29, 1.82) is 0 Å². The van der Waals surface area contributed by atoms with Crippen LogP contribution in [-0.2, 0) is 0 Å². The highest BCUT2D eigenvalue weighted by atomic mass is 127. The Labute approximate surface area is 126 Å². The second kappa shape index (κ2) is 6.63. The van der Waals surface area contributed by atoms with Crippen LogP contribution in [0, 0.1) is 10.5 Å². The van der Waals surface area contributed by atoms with Crippen molar-refractivity contribution in [2.45, 2.75) is 26.3 Å². The summed E-state index contributed by atoms with van der Waals surface area (Å²) in [5.41, 5.74) is 2.40. The lowest BCUT2D eigenvalue weighted by Crippen LogP contribution is -2.23. The molecule has 96 valence electrons. The molecule has 0 spiro atoms. The van der Waals surface area contributed by atoms with E-state index in [0.29, 0.717) is 0 Å². The van der Waals surface area contributed by atoms with Gasteiger partial charge in [-0.1, -0.05) is 19.1 Å². The average Bonchev–Trinajstić information content (AvgIpc) is 2.76. The Balaban J connectivity index is 2.30. The zero-order valence-corrected chi connectivity index (χ0v) is 13.6. The van der Waals surface area contributed by atoms with Crippen LogP contribution in [0.5, 0.6) is 0 Å². The molecule has 0 radical (unpaired) electrons. The number of benzene rings is 1. The minimum atomic E-state index is 0.221. The van der Waals surface area contributed by atoms with Gasteiger partial charge in [0.1, 0.15) is 5.01 Å². The summed E-state index contributed by atoms with van der Waals surface area (Å²) < 4.78 is 1.27. The first-order chi connectivity index (χ1) is 8.70. The molecule has 0 fully saturated rings. The largest absolute Gasteiger partial charge is 0.304 e. The molecule has 1 N–H and O–H groups in total. The number of hydrogen-bond donors (Lipinski definition) is 1. The molecule has 0 aliphatic rings. The van der Waals surface area contributed by atoms with Gasteiger partial charge in [0.05, 0.1) is 6.04 Å². The molecule has 1 heterocycles. The Hall–Kier alpha value is -0.460. The van der Waals surface area contributed by atoms with E-state index < -0.39 is 0 Å². The van der Waals surface area contributed by atoms with Crippen molar-refractivity contribution in [1.82, 2.24) is 10.3 Å². The van der Waals surface area contributed by atoms with E-state index in [1.807, 2.05) is 6.92 Å². The molecule has 0 aliphatic heterocycles. The predicted molar refractivity (Wildman–Crippen MR) is 86.1 cm³/mol. The Morgan fingerprint density at radius 2 is 2.28 bits per heavy atom. The van der Waals surface area contributed by atoms with Crippen LogP contribution in [0.1, 0.15) is 35.7 Å². The van der Waals surface area contributed by atoms with Crippen molar-refractivity contribution < 1.29 is 0 Å². The van der Waals surface area contributed by atoms with Crippen LogP contribution >= 0.6 is 33.9 Å². The Morgan fingerprint density at radius 3 is 2.89 bits per heavy atom. The van der Waals surface area contributed by atoms with Gasteiger partial charge in [0.15, 0.2) is 0 Å². The number of nitrogens with zero attached hydrogens (tertiary/aromatic N) is 1. The maximum atomic E-state index is 4.62. The predicted octanol–water partition coefficient (Wildman–Crippen LogP) is 4.15. The van der Waals surface area contributed by atoms with Gasteiger partial charge in [-0.15, -0.1) is 11.3 Å². The van der Waals surface area contributed by atoms with Gasteiger partial charge >= 0.3 is 0 Å². The summed E-state index contributed by atoms with van der Waals surface area (Å²) in [4.78, 5) is 4.62. The fraction of sp³-hybridized carbons (Fsp3) is 0.357. The summed E-state index contributed by atoms with van der Waals surface area (Å²) in [5, 5.41) is 6.86. The molecule has 2 nitrogen and oxygen atoms in total. The zero-order chi connectivity index (χ0) is 13.0. The Bertz CT molecular complexity index is 510. The number of aromatic nitrogens is 1. The highest BCUT2D eigenvalue weighted by Crippen LogP contribution is 2.26. The molecule has 0 saturated heterocycles. The summed E-state index contributed by atoms with van der Waals surface area (Å²) in [6.07, 6.45) is 1.13.